The SMILES string of the molecule is CC(C)n1c(=O)c2c(C(=O)O)cc(=O)n(C(C)C)c2n(C)c1=O. The third-order valence-electron chi connectivity index (χ3n) is 3.73. The molecule has 0 fully saturated rings. The number of aromatic carboxylic acids is 1. The first-order valence-electron chi connectivity index (χ1n) is 7.23. The topological polar surface area (TPSA) is 103 Å². The van der Waals surface area contributed by atoms with Crippen LogP contribution in [0.1, 0.15) is 50.1 Å². The molecule has 0 bridgehead atoms. The number of carboxylic acids is 1. The lowest BCUT2D eigenvalue weighted by atomic mass is 10.1. The summed E-state index contributed by atoms with van der Waals surface area (Å²) in [7, 11) is 1.42. The zero-order valence-electron chi connectivity index (χ0n) is 13.7. The Kier molecular flexibility index (Phi) is 4.02. The largest absolute Gasteiger partial charge is 0.478 e. The summed E-state index contributed by atoms with van der Waals surface area (Å²) in [5.41, 5.74) is -2.23. The fraction of sp³-hybridized carbons (Fsp3) is 0.467. The zero-order valence-corrected chi connectivity index (χ0v) is 13.7. The van der Waals surface area contributed by atoms with Crippen molar-refractivity contribution in [3.05, 3.63) is 42.8 Å². The van der Waals surface area contributed by atoms with Crippen molar-refractivity contribution in [3.8, 4) is 0 Å². The Hall–Kier alpha value is -2.64. The first-order valence-corrected chi connectivity index (χ1v) is 7.23. The molecule has 0 amide bonds. The second kappa shape index (κ2) is 5.53. The second-order valence-electron chi connectivity index (χ2n) is 5.97. The predicted octanol–water partition coefficient (Wildman–Crippen LogP) is 0.722. The van der Waals surface area contributed by atoms with Crippen LogP contribution in [-0.2, 0) is 7.05 Å². The van der Waals surface area contributed by atoms with Crippen molar-refractivity contribution in [2.24, 2.45) is 7.05 Å². The van der Waals surface area contributed by atoms with Gasteiger partial charge in [0, 0.05) is 25.2 Å². The first kappa shape index (κ1) is 16.7. The lowest BCUT2D eigenvalue weighted by Gasteiger charge is -2.19. The van der Waals surface area contributed by atoms with Gasteiger partial charge in [0.2, 0.25) is 0 Å². The summed E-state index contributed by atoms with van der Waals surface area (Å²) in [4.78, 5) is 49.0. The fourth-order valence-electron chi connectivity index (χ4n) is 2.73. The van der Waals surface area contributed by atoms with Gasteiger partial charge in [0.1, 0.15) is 5.65 Å². The molecule has 2 rings (SSSR count). The number of fused-ring (bicyclic) bond motifs is 1. The summed E-state index contributed by atoms with van der Waals surface area (Å²) < 4.78 is 3.41. The molecule has 0 saturated heterocycles. The normalized spacial score (nSPS) is 11.6. The minimum atomic E-state index is -1.38. The van der Waals surface area contributed by atoms with Crippen LogP contribution < -0.4 is 16.8 Å². The average Bonchev–Trinajstić information content (AvgIpc) is 2.42. The first-order chi connectivity index (χ1) is 10.6. The maximum absolute atomic E-state index is 12.7. The Morgan fingerprint density at radius 2 is 1.57 bits per heavy atom. The van der Waals surface area contributed by atoms with Gasteiger partial charge < -0.3 is 5.11 Å². The van der Waals surface area contributed by atoms with Gasteiger partial charge in [-0.2, -0.15) is 0 Å². The molecule has 0 atom stereocenters. The van der Waals surface area contributed by atoms with E-state index in [-0.39, 0.29) is 17.1 Å². The highest BCUT2D eigenvalue weighted by atomic mass is 16.4. The van der Waals surface area contributed by atoms with Gasteiger partial charge in [-0.05, 0) is 27.7 Å². The van der Waals surface area contributed by atoms with Crippen LogP contribution in [0.3, 0.4) is 0 Å². The third-order valence-corrected chi connectivity index (χ3v) is 3.73. The van der Waals surface area contributed by atoms with Crippen LogP contribution in [0.15, 0.2) is 20.4 Å². The molecule has 0 unspecified atom stereocenters. The van der Waals surface area contributed by atoms with Gasteiger partial charge >= 0.3 is 11.7 Å². The van der Waals surface area contributed by atoms with Crippen molar-refractivity contribution in [3.63, 3.8) is 0 Å². The number of aryl methyl sites for hydroxylation is 1. The molecule has 2 heterocycles. The summed E-state index contributed by atoms with van der Waals surface area (Å²) in [6.45, 7) is 6.76. The summed E-state index contributed by atoms with van der Waals surface area (Å²) in [5, 5.41) is 9.23. The lowest BCUT2D eigenvalue weighted by molar-refractivity contribution is 0.0698. The van der Waals surface area contributed by atoms with E-state index in [9.17, 15) is 24.3 Å². The molecule has 8 nitrogen and oxygen atoms in total. The Labute approximate surface area is 131 Å². The summed E-state index contributed by atoms with van der Waals surface area (Å²) >= 11 is 0. The van der Waals surface area contributed by atoms with E-state index in [4.69, 9.17) is 0 Å². The molecule has 0 aliphatic rings. The van der Waals surface area contributed by atoms with Crippen molar-refractivity contribution in [2.45, 2.75) is 39.8 Å². The molecular weight excluding hydrogens is 302 g/mol. The van der Waals surface area contributed by atoms with E-state index in [2.05, 4.69) is 0 Å². The van der Waals surface area contributed by atoms with Gasteiger partial charge in [-0.15, -0.1) is 0 Å². The highest BCUT2D eigenvalue weighted by Crippen LogP contribution is 2.16. The number of hydrogen-bond donors (Lipinski definition) is 1. The van der Waals surface area contributed by atoms with Gasteiger partial charge in [0.15, 0.2) is 0 Å². The van der Waals surface area contributed by atoms with Crippen LogP contribution in [0.5, 0.6) is 0 Å². The monoisotopic (exact) mass is 321 g/mol. The number of pyridine rings is 1. The van der Waals surface area contributed by atoms with Crippen LogP contribution in [0.25, 0.3) is 11.0 Å². The van der Waals surface area contributed by atoms with Gasteiger partial charge in [0.25, 0.3) is 11.1 Å². The van der Waals surface area contributed by atoms with Crippen LogP contribution in [0.2, 0.25) is 0 Å². The summed E-state index contributed by atoms with van der Waals surface area (Å²) in [5.74, 6) is -1.38. The number of carboxylic acid groups (broad SMARTS) is 1. The van der Waals surface area contributed by atoms with Crippen LogP contribution in [0.4, 0.5) is 0 Å². The van der Waals surface area contributed by atoms with E-state index in [1.165, 1.54) is 11.6 Å². The smallest absolute Gasteiger partial charge is 0.336 e. The standard InChI is InChI=1S/C15H19N3O5/c1-7(2)17-10(19)6-9(14(21)22)11-12(17)16(5)15(23)18(8(3)4)13(11)20/h6-8H,1-5H3,(H,21,22). The zero-order chi connectivity index (χ0) is 17.6. The van der Waals surface area contributed by atoms with E-state index in [1.54, 1.807) is 27.7 Å². The van der Waals surface area contributed by atoms with Crippen LogP contribution >= 0.6 is 0 Å². The van der Waals surface area contributed by atoms with E-state index in [0.29, 0.717) is 0 Å². The number of hydrogen-bond acceptors (Lipinski definition) is 4. The highest BCUT2D eigenvalue weighted by molar-refractivity contribution is 6.01. The number of rotatable bonds is 3. The number of aromatic nitrogens is 3. The molecule has 0 radical (unpaired) electrons. The molecule has 124 valence electrons. The van der Waals surface area contributed by atoms with Gasteiger partial charge in [0.05, 0.1) is 10.9 Å². The highest BCUT2D eigenvalue weighted by Gasteiger charge is 2.23. The lowest BCUT2D eigenvalue weighted by Crippen LogP contribution is -2.43. The Bertz CT molecular complexity index is 976. The van der Waals surface area contributed by atoms with Gasteiger partial charge in [-0.3, -0.25) is 23.3 Å². The van der Waals surface area contributed by atoms with E-state index in [1.807, 2.05) is 0 Å². The molecule has 0 saturated carbocycles. The third kappa shape index (κ3) is 2.39. The molecule has 8 heteroatoms. The molecule has 1 N–H and O–H groups in total. The molecule has 0 aliphatic carbocycles. The molecule has 0 spiro atoms. The minimum Gasteiger partial charge on any atom is -0.478 e. The Balaban J connectivity index is 3.32. The van der Waals surface area contributed by atoms with Crippen molar-refractivity contribution >= 4 is 17.0 Å². The molecule has 2 aromatic rings. The minimum absolute atomic E-state index is 0.0248. The quantitative estimate of drug-likeness (QED) is 0.897. The Morgan fingerprint density at radius 1 is 1.04 bits per heavy atom. The summed E-state index contributed by atoms with van der Waals surface area (Å²) in [6, 6.07) is 0.153. The molecule has 0 aromatic carbocycles. The molecule has 0 aliphatic heterocycles. The van der Waals surface area contributed by atoms with Crippen LogP contribution in [0, 0.1) is 0 Å². The van der Waals surface area contributed by atoms with Crippen molar-refractivity contribution < 1.29 is 9.90 Å². The number of nitrogens with zero attached hydrogens (tertiary/aromatic N) is 3. The maximum atomic E-state index is 12.7. The van der Waals surface area contributed by atoms with E-state index < -0.39 is 34.4 Å². The molecule has 23 heavy (non-hydrogen) atoms. The molecule has 2 aromatic heterocycles. The summed E-state index contributed by atoms with van der Waals surface area (Å²) in [6.07, 6.45) is 0. The van der Waals surface area contributed by atoms with Crippen molar-refractivity contribution in [1.29, 1.82) is 0 Å². The average molecular weight is 321 g/mol. The van der Waals surface area contributed by atoms with E-state index in [0.717, 1.165) is 15.2 Å². The van der Waals surface area contributed by atoms with Crippen LogP contribution in [-0.4, -0.2) is 24.8 Å². The van der Waals surface area contributed by atoms with Crippen molar-refractivity contribution in [1.82, 2.24) is 13.7 Å². The van der Waals surface area contributed by atoms with Gasteiger partial charge in [-0.25, -0.2) is 9.59 Å². The molecular formula is C15H19N3O5. The predicted molar refractivity (Wildman–Crippen MR) is 85.4 cm³/mol. The maximum Gasteiger partial charge on any atom is 0.336 e. The van der Waals surface area contributed by atoms with Crippen molar-refractivity contribution in [2.75, 3.05) is 0 Å². The van der Waals surface area contributed by atoms with E-state index >= 15 is 0 Å². The number of carbonyl (C=O) groups is 1. The van der Waals surface area contributed by atoms with Gasteiger partial charge in [-0.1, -0.05) is 0 Å². The second-order valence-corrected chi connectivity index (χ2v) is 5.97. The Morgan fingerprint density at radius 3 is 2.00 bits per heavy atom. The fourth-order valence-corrected chi connectivity index (χ4v) is 2.73.